The van der Waals surface area contributed by atoms with Gasteiger partial charge in [0.05, 0.1) is 12.8 Å². The van der Waals surface area contributed by atoms with Crippen LogP contribution in [0.15, 0.2) is 52.4 Å². The molecule has 1 aliphatic rings. The van der Waals surface area contributed by atoms with Gasteiger partial charge in [-0.3, -0.25) is 4.79 Å². The molecular formula is C23H20N4O5S. The SMILES string of the molecule is COc1ccc(-c2noc(CCCC(=O)Nc3nc(-c4ccc5c(c4)OCO5)cs3)n2)cc1. The molecule has 0 saturated carbocycles. The highest BCUT2D eigenvalue weighted by Gasteiger charge is 2.16. The van der Waals surface area contributed by atoms with Crippen LogP contribution in [0.2, 0.25) is 0 Å². The fourth-order valence-corrected chi connectivity index (χ4v) is 4.05. The number of nitrogens with zero attached hydrogens (tertiary/aromatic N) is 3. The number of hydrogen-bond donors (Lipinski definition) is 1. The molecule has 1 aliphatic heterocycles. The predicted molar refractivity (Wildman–Crippen MR) is 122 cm³/mol. The first-order valence-corrected chi connectivity index (χ1v) is 11.2. The number of thiazole rings is 1. The van der Waals surface area contributed by atoms with Gasteiger partial charge in [0, 0.05) is 29.3 Å². The van der Waals surface area contributed by atoms with Gasteiger partial charge in [-0.15, -0.1) is 11.3 Å². The second kappa shape index (κ2) is 9.29. The Balaban J connectivity index is 1.12. The van der Waals surface area contributed by atoms with Crippen molar-refractivity contribution in [3.8, 4) is 39.9 Å². The van der Waals surface area contributed by atoms with Crippen LogP contribution < -0.4 is 19.5 Å². The van der Waals surface area contributed by atoms with E-state index in [1.807, 2.05) is 47.8 Å². The monoisotopic (exact) mass is 464 g/mol. The first kappa shape index (κ1) is 21.0. The van der Waals surface area contributed by atoms with Gasteiger partial charge in [0.25, 0.3) is 0 Å². The van der Waals surface area contributed by atoms with Crippen LogP contribution in [0, 0.1) is 0 Å². The molecule has 33 heavy (non-hydrogen) atoms. The molecular weight excluding hydrogens is 444 g/mol. The van der Waals surface area contributed by atoms with Gasteiger partial charge in [0.1, 0.15) is 5.75 Å². The molecule has 9 nitrogen and oxygen atoms in total. The standard InChI is InChI=1S/C23H20N4O5S/c1-29-16-8-5-14(6-9-16)22-26-21(32-27-22)4-2-3-20(28)25-23-24-17(12-33-23)15-7-10-18-19(11-15)31-13-30-18/h5-12H,2-4,13H2,1H3,(H,24,25,28). The lowest BCUT2D eigenvalue weighted by molar-refractivity contribution is -0.116. The first-order chi connectivity index (χ1) is 16.2. The Labute approximate surface area is 193 Å². The Bertz CT molecular complexity index is 1270. The van der Waals surface area contributed by atoms with Gasteiger partial charge in [0.2, 0.25) is 24.4 Å². The van der Waals surface area contributed by atoms with Crippen molar-refractivity contribution in [1.82, 2.24) is 15.1 Å². The first-order valence-electron chi connectivity index (χ1n) is 10.3. The van der Waals surface area contributed by atoms with Gasteiger partial charge in [-0.25, -0.2) is 4.98 Å². The molecule has 168 valence electrons. The summed E-state index contributed by atoms with van der Waals surface area (Å²) in [7, 11) is 1.62. The second-order valence-corrected chi connectivity index (χ2v) is 8.11. The van der Waals surface area contributed by atoms with E-state index in [9.17, 15) is 4.79 Å². The highest BCUT2D eigenvalue weighted by molar-refractivity contribution is 7.14. The van der Waals surface area contributed by atoms with Gasteiger partial charge in [-0.1, -0.05) is 5.16 Å². The Morgan fingerprint density at radius 1 is 1.09 bits per heavy atom. The van der Waals surface area contributed by atoms with E-state index in [4.69, 9.17) is 18.7 Å². The third kappa shape index (κ3) is 4.80. The maximum Gasteiger partial charge on any atom is 0.231 e. The number of carbonyl (C=O) groups is 1. The molecule has 0 spiro atoms. The van der Waals surface area contributed by atoms with E-state index in [1.165, 1.54) is 11.3 Å². The Morgan fingerprint density at radius 2 is 1.91 bits per heavy atom. The van der Waals surface area contributed by atoms with Crippen LogP contribution in [0.1, 0.15) is 18.7 Å². The van der Waals surface area contributed by atoms with Crippen molar-refractivity contribution in [3.63, 3.8) is 0 Å². The maximum atomic E-state index is 12.3. The maximum absolute atomic E-state index is 12.3. The number of amides is 1. The number of fused-ring (bicyclic) bond motifs is 1. The van der Waals surface area contributed by atoms with E-state index in [0.717, 1.165) is 28.3 Å². The van der Waals surface area contributed by atoms with Gasteiger partial charge < -0.3 is 24.1 Å². The predicted octanol–water partition coefficient (Wildman–Crippen LogP) is 4.56. The number of hydrogen-bond acceptors (Lipinski definition) is 9. The number of ether oxygens (including phenoxy) is 3. The van der Waals surface area contributed by atoms with Gasteiger partial charge in [-0.2, -0.15) is 4.98 Å². The molecule has 0 unspecified atom stereocenters. The van der Waals surface area contributed by atoms with E-state index in [0.29, 0.717) is 41.9 Å². The minimum atomic E-state index is -0.114. The Kier molecular flexibility index (Phi) is 5.90. The van der Waals surface area contributed by atoms with E-state index in [1.54, 1.807) is 7.11 Å². The Hall–Kier alpha value is -3.92. The number of aromatic nitrogens is 3. The third-order valence-electron chi connectivity index (χ3n) is 5.03. The van der Waals surface area contributed by atoms with Crippen molar-refractivity contribution in [2.24, 2.45) is 0 Å². The molecule has 1 N–H and O–H groups in total. The lowest BCUT2D eigenvalue weighted by Crippen LogP contribution is -2.11. The summed E-state index contributed by atoms with van der Waals surface area (Å²) in [4.78, 5) is 21.2. The summed E-state index contributed by atoms with van der Waals surface area (Å²) in [6.07, 6.45) is 1.41. The van der Waals surface area contributed by atoms with E-state index >= 15 is 0 Å². The summed E-state index contributed by atoms with van der Waals surface area (Å²) in [6.45, 7) is 0.226. The lowest BCUT2D eigenvalue weighted by atomic mass is 10.1. The zero-order valence-electron chi connectivity index (χ0n) is 17.7. The van der Waals surface area contributed by atoms with Crippen molar-refractivity contribution < 1.29 is 23.5 Å². The number of nitrogens with one attached hydrogen (secondary N) is 1. The normalized spacial score (nSPS) is 12.0. The van der Waals surface area contributed by atoms with Crippen LogP contribution >= 0.6 is 11.3 Å². The Morgan fingerprint density at radius 3 is 2.76 bits per heavy atom. The third-order valence-corrected chi connectivity index (χ3v) is 5.79. The minimum absolute atomic E-state index is 0.114. The zero-order valence-corrected chi connectivity index (χ0v) is 18.6. The van der Waals surface area contributed by atoms with Crippen LogP contribution in [-0.4, -0.2) is 34.9 Å². The average Bonchev–Trinajstić information content (AvgIpc) is 3.59. The van der Waals surface area contributed by atoms with Crippen LogP contribution in [0.3, 0.4) is 0 Å². The van der Waals surface area contributed by atoms with Crippen molar-refractivity contribution in [2.75, 3.05) is 19.2 Å². The molecule has 0 radical (unpaired) electrons. The molecule has 0 aliphatic carbocycles. The summed E-state index contributed by atoms with van der Waals surface area (Å²) in [5, 5.41) is 9.30. The topological polar surface area (TPSA) is 109 Å². The lowest BCUT2D eigenvalue weighted by Gasteiger charge is -2.01. The molecule has 1 amide bonds. The van der Waals surface area contributed by atoms with E-state index in [-0.39, 0.29) is 12.7 Å². The zero-order chi connectivity index (χ0) is 22.6. The van der Waals surface area contributed by atoms with E-state index < -0.39 is 0 Å². The number of anilines is 1. The molecule has 0 atom stereocenters. The number of rotatable bonds is 8. The number of carbonyl (C=O) groups excluding carboxylic acids is 1. The molecule has 10 heteroatoms. The molecule has 3 heterocycles. The molecule has 0 fully saturated rings. The highest BCUT2D eigenvalue weighted by Crippen LogP contribution is 2.36. The molecule has 2 aromatic heterocycles. The quantitative estimate of drug-likeness (QED) is 0.404. The van der Waals surface area contributed by atoms with E-state index in [2.05, 4.69) is 20.4 Å². The summed E-state index contributed by atoms with van der Waals surface area (Å²) in [6, 6.07) is 13.1. The highest BCUT2D eigenvalue weighted by atomic mass is 32.1. The van der Waals surface area contributed by atoms with Gasteiger partial charge in [-0.05, 0) is 48.9 Å². The van der Waals surface area contributed by atoms with Crippen molar-refractivity contribution in [1.29, 1.82) is 0 Å². The average molecular weight is 465 g/mol. The number of methoxy groups -OCH3 is 1. The molecule has 4 aromatic rings. The minimum Gasteiger partial charge on any atom is -0.497 e. The van der Waals surface area contributed by atoms with Crippen molar-refractivity contribution >= 4 is 22.4 Å². The van der Waals surface area contributed by atoms with Crippen LogP contribution in [0.5, 0.6) is 17.2 Å². The molecule has 2 aromatic carbocycles. The fourth-order valence-electron chi connectivity index (χ4n) is 3.32. The molecule has 5 rings (SSSR count). The largest absolute Gasteiger partial charge is 0.497 e. The van der Waals surface area contributed by atoms with Crippen LogP contribution in [0.4, 0.5) is 5.13 Å². The van der Waals surface area contributed by atoms with Crippen LogP contribution in [-0.2, 0) is 11.2 Å². The molecule has 0 saturated heterocycles. The summed E-state index contributed by atoms with van der Waals surface area (Å²) < 4.78 is 21.2. The number of aryl methyl sites for hydroxylation is 1. The summed E-state index contributed by atoms with van der Waals surface area (Å²) in [5.74, 6) is 3.07. The van der Waals surface area contributed by atoms with Crippen LogP contribution in [0.25, 0.3) is 22.6 Å². The van der Waals surface area contributed by atoms with Crippen molar-refractivity contribution in [3.05, 3.63) is 53.7 Å². The van der Waals surface area contributed by atoms with Gasteiger partial charge in [0.15, 0.2) is 16.6 Å². The van der Waals surface area contributed by atoms with Gasteiger partial charge >= 0.3 is 0 Å². The smallest absolute Gasteiger partial charge is 0.231 e. The second-order valence-electron chi connectivity index (χ2n) is 7.25. The summed E-state index contributed by atoms with van der Waals surface area (Å²) >= 11 is 1.37. The molecule has 0 bridgehead atoms. The van der Waals surface area contributed by atoms with Crippen molar-refractivity contribution in [2.45, 2.75) is 19.3 Å². The summed E-state index contributed by atoms with van der Waals surface area (Å²) in [5.41, 5.74) is 2.51. The fraction of sp³-hybridized carbons (Fsp3) is 0.217. The number of benzene rings is 2.